The summed E-state index contributed by atoms with van der Waals surface area (Å²) in [5.74, 6) is 0.548. The lowest BCUT2D eigenvalue weighted by Gasteiger charge is -2.09. The van der Waals surface area contributed by atoms with Crippen LogP contribution in [0.25, 0.3) is 0 Å². The Morgan fingerprint density at radius 3 is 3.00 bits per heavy atom. The van der Waals surface area contributed by atoms with Crippen molar-refractivity contribution >= 4 is 40.9 Å². The van der Waals surface area contributed by atoms with Crippen molar-refractivity contribution in [3.8, 4) is 0 Å². The molecule has 1 aliphatic carbocycles. The fourth-order valence-electron chi connectivity index (χ4n) is 2.12. The molecule has 0 spiro atoms. The lowest BCUT2D eigenvalue weighted by atomic mass is 10.2. The van der Waals surface area contributed by atoms with Crippen LogP contribution in [0.4, 0.5) is 11.6 Å². The van der Waals surface area contributed by atoms with Gasteiger partial charge in [0.25, 0.3) is 0 Å². The molecule has 1 aliphatic rings. The summed E-state index contributed by atoms with van der Waals surface area (Å²) in [6, 6.07) is 5.81. The van der Waals surface area contributed by atoms with E-state index < -0.39 is 0 Å². The molecule has 0 bridgehead atoms. The minimum Gasteiger partial charge on any atom is -0.368 e. The first-order valence-electron chi connectivity index (χ1n) is 6.94. The molecule has 3 N–H and O–H groups in total. The SMILES string of the molecule is Cc1c(Cl)cccc1NC(=O)CSc1nnc(N)n1C1CC1. The number of thioether (sulfide) groups is 1. The molecule has 1 heterocycles. The maximum Gasteiger partial charge on any atom is 0.234 e. The summed E-state index contributed by atoms with van der Waals surface area (Å²) in [4.78, 5) is 12.1. The molecule has 0 radical (unpaired) electrons. The molecule has 1 amide bonds. The number of aromatic nitrogens is 3. The third-order valence-corrected chi connectivity index (χ3v) is 4.83. The van der Waals surface area contributed by atoms with Gasteiger partial charge in [0, 0.05) is 16.8 Å². The van der Waals surface area contributed by atoms with Gasteiger partial charge >= 0.3 is 0 Å². The molecule has 1 fully saturated rings. The van der Waals surface area contributed by atoms with Crippen molar-refractivity contribution in [2.24, 2.45) is 0 Å². The van der Waals surface area contributed by atoms with Gasteiger partial charge in [0.15, 0.2) is 5.16 Å². The fourth-order valence-corrected chi connectivity index (χ4v) is 3.11. The molecule has 2 aromatic rings. The number of carbonyl (C=O) groups excluding carboxylic acids is 1. The first-order valence-corrected chi connectivity index (χ1v) is 8.30. The van der Waals surface area contributed by atoms with Crippen molar-refractivity contribution in [2.45, 2.75) is 31.0 Å². The van der Waals surface area contributed by atoms with E-state index in [4.69, 9.17) is 17.3 Å². The average Bonchev–Trinajstić information content (AvgIpc) is 3.25. The molecule has 0 saturated heterocycles. The Labute approximate surface area is 137 Å². The van der Waals surface area contributed by atoms with E-state index in [-0.39, 0.29) is 11.7 Å². The van der Waals surface area contributed by atoms with Crippen molar-refractivity contribution in [3.63, 3.8) is 0 Å². The van der Waals surface area contributed by atoms with Crippen LogP contribution in [0, 0.1) is 6.92 Å². The Bertz CT molecular complexity index is 713. The number of hydrogen-bond acceptors (Lipinski definition) is 5. The Morgan fingerprint density at radius 2 is 2.27 bits per heavy atom. The van der Waals surface area contributed by atoms with Crippen molar-refractivity contribution in [3.05, 3.63) is 28.8 Å². The van der Waals surface area contributed by atoms with Crippen molar-refractivity contribution in [1.29, 1.82) is 0 Å². The van der Waals surface area contributed by atoms with Crippen LogP contribution in [-0.2, 0) is 4.79 Å². The number of rotatable bonds is 5. The van der Waals surface area contributed by atoms with Crippen LogP contribution in [0.1, 0.15) is 24.4 Å². The van der Waals surface area contributed by atoms with E-state index in [9.17, 15) is 4.79 Å². The van der Waals surface area contributed by atoms with E-state index in [1.807, 2.05) is 23.6 Å². The molecule has 0 aliphatic heterocycles. The number of nitrogen functional groups attached to an aromatic ring is 1. The summed E-state index contributed by atoms with van der Waals surface area (Å²) >= 11 is 7.38. The summed E-state index contributed by atoms with van der Waals surface area (Å²) < 4.78 is 1.91. The predicted octanol–water partition coefficient (Wildman–Crippen LogP) is 2.89. The van der Waals surface area contributed by atoms with E-state index in [2.05, 4.69) is 15.5 Å². The fraction of sp³-hybridized carbons (Fsp3) is 0.357. The number of hydrogen-bond donors (Lipinski definition) is 2. The average molecular weight is 338 g/mol. The van der Waals surface area contributed by atoms with Gasteiger partial charge in [-0.25, -0.2) is 0 Å². The van der Waals surface area contributed by atoms with Gasteiger partial charge in [-0.2, -0.15) is 0 Å². The van der Waals surface area contributed by atoms with E-state index in [0.29, 0.717) is 22.2 Å². The quantitative estimate of drug-likeness (QED) is 0.819. The van der Waals surface area contributed by atoms with Crippen LogP contribution in [0.2, 0.25) is 5.02 Å². The maximum absolute atomic E-state index is 12.1. The highest BCUT2D eigenvalue weighted by Crippen LogP contribution is 2.39. The smallest absolute Gasteiger partial charge is 0.234 e. The largest absolute Gasteiger partial charge is 0.368 e. The summed E-state index contributed by atoms with van der Waals surface area (Å²) in [5, 5.41) is 12.1. The number of halogens is 1. The molecule has 8 heteroatoms. The monoisotopic (exact) mass is 337 g/mol. The van der Waals surface area contributed by atoms with Gasteiger partial charge in [-0.3, -0.25) is 9.36 Å². The zero-order chi connectivity index (χ0) is 15.7. The zero-order valence-corrected chi connectivity index (χ0v) is 13.6. The van der Waals surface area contributed by atoms with Crippen LogP contribution in [0.5, 0.6) is 0 Å². The Morgan fingerprint density at radius 1 is 1.50 bits per heavy atom. The van der Waals surface area contributed by atoms with E-state index in [1.54, 1.807) is 6.07 Å². The Balaban J connectivity index is 1.62. The highest BCUT2D eigenvalue weighted by atomic mass is 35.5. The molecule has 1 saturated carbocycles. The van der Waals surface area contributed by atoms with Gasteiger partial charge in [-0.1, -0.05) is 29.4 Å². The van der Waals surface area contributed by atoms with E-state index >= 15 is 0 Å². The first-order chi connectivity index (χ1) is 10.6. The number of nitrogens with zero attached hydrogens (tertiary/aromatic N) is 3. The molecular formula is C14H16ClN5OS. The molecule has 22 heavy (non-hydrogen) atoms. The number of nitrogens with two attached hydrogens (primary N) is 1. The number of nitrogens with one attached hydrogen (secondary N) is 1. The number of anilines is 2. The van der Waals surface area contributed by atoms with Crippen molar-refractivity contribution in [2.75, 3.05) is 16.8 Å². The highest BCUT2D eigenvalue weighted by molar-refractivity contribution is 7.99. The molecule has 6 nitrogen and oxygen atoms in total. The third-order valence-electron chi connectivity index (χ3n) is 3.48. The number of benzene rings is 1. The van der Waals surface area contributed by atoms with Gasteiger partial charge < -0.3 is 11.1 Å². The molecule has 1 aromatic heterocycles. The van der Waals surface area contributed by atoms with Gasteiger partial charge in [0.2, 0.25) is 11.9 Å². The van der Waals surface area contributed by atoms with Crippen LogP contribution in [0.3, 0.4) is 0 Å². The minimum absolute atomic E-state index is 0.112. The van der Waals surface area contributed by atoms with Crippen LogP contribution >= 0.6 is 23.4 Å². The second-order valence-corrected chi connectivity index (χ2v) is 6.54. The van der Waals surface area contributed by atoms with Crippen LogP contribution in [-0.4, -0.2) is 26.4 Å². The highest BCUT2D eigenvalue weighted by Gasteiger charge is 2.29. The first kappa shape index (κ1) is 15.2. The van der Waals surface area contributed by atoms with Gasteiger partial charge in [0.1, 0.15) is 0 Å². The Kier molecular flexibility index (Phi) is 4.26. The maximum atomic E-state index is 12.1. The van der Waals surface area contributed by atoms with E-state index in [1.165, 1.54) is 11.8 Å². The predicted molar refractivity (Wildman–Crippen MR) is 88.2 cm³/mol. The van der Waals surface area contributed by atoms with E-state index in [0.717, 1.165) is 24.1 Å². The van der Waals surface area contributed by atoms with Crippen LogP contribution in [0.15, 0.2) is 23.4 Å². The topological polar surface area (TPSA) is 85.8 Å². The number of amides is 1. The third kappa shape index (κ3) is 3.20. The second kappa shape index (κ2) is 6.18. The lowest BCUT2D eigenvalue weighted by Crippen LogP contribution is -2.15. The van der Waals surface area contributed by atoms with Crippen molar-refractivity contribution in [1.82, 2.24) is 14.8 Å². The molecule has 3 rings (SSSR count). The van der Waals surface area contributed by atoms with Gasteiger partial charge in [0.05, 0.1) is 5.75 Å². The van der Waals surface area contributed by atoms with Crippen molar-refractivity contribution < 1.29 is 4.79 Å². The minimum atomic E-state index is -0.112. The summed E-state index contributed by atoms with van der Waals surface area (Å²) in [5.41, 5.74) is 7.39. The summed E-state index contributed by atoms with van der Waals surface area (Å²) in [6.45, 7) is 1.87. The zero-order valence-electron chi connectivity index (χ0n) is 12.0. The molecule has 0 atom stereocenters. The second-order valence-electron chi connectivity index (χ2n) is 5.19. The lowest BCUT2D eigenvalue weighted by molar-refractivity contribution is -0.113. The number of carbonyl (C=O) groups is 1. The summed E-state index contributed by atoms with van der Waals surface area (Å²) in [7, 11) is 0. The van der Waals surface area contributed by atoms with Gasteiger partial charge in [-0.05, 0) is 37.5 Å². The Hall–Kier alpha value is -1.73. The molecule has 1 aromatic carbocycles. The molecular weight excluding hydrogens is 322 g/mol. The molecule has 116 valence electrons. The van der Waals surface area contributed by atoms with Gasteiger partial charge in [-0.15, -0.1) is 10.2 Å². The van der Waals surface area contributed by atoms with Crippen LogP contribution < -0.4 is 11.1 Å². The summed E-state index contributed by atoms with van der Waals surface area (Å²) in [6.07, 6.45) is 2.17. The molecule has 0 unspecified atom stereocenters. The normalized spacial score (nSPS) is 14.1. The standard InChI is InChI=1S/C14H16ClN5OS/c1-8-10(15)3-2-4-11(8)17-12(21)7-22-14-19-18-13(16)20(14)9-5-6-9/h2-4,9H,5-7H2,1H3,(H2,16,18)(H,17,21).